The molecular weight excluding hydrogens is 368 g/mol. The fourth-order valence-corrected chi connectivity index (χ4v) is 3.72. The SMILES string of the molecule is COc1cccc(C(=O)N2CCC(c3nn(Cc4ccccc4)c(=O)[nH]3)CC2)c1. The molecule has 1 saturated heterocycles. The quantitative estimate of drug-likeness (QED) is 0.724. The van der Waals surface area contributed by atoms with Crippen LogP contribution in [0.2, 0.25) is 0 Å². The number of H-pyrrole nitrogens is 1. The normalized spacial score (nSPS) is 14.7. The third kappa shape index (κ3) is 4.23. The topological polar surface area (TPSA) is 80.2 Å². The molecule has 1 aliphatic rings. The van der Waals surface area contributed by atoms with Crippen LogP contribution in [0.4, 0.5) is 0 Å². The minimum absolute atomic E-state index is 0.00505. The van der Waals surface area contributed by atoms with Gasteiger partial charge in [-0.2, -0.15) is 5.10 Å². The van der Waals surface area contributed by atoms with Gasteiger partial charge in [0.25, 0.3) is 5.91 Å². The first-order chi connectivity index (χ1) is 14.1. The molecular formula is C22H24N4O3. The van der Waals surface area contributed by atoms with Crippen molar-refractivity contribution in [2.24, 2.45) is 0 Å². The highest BCUT2D eigenvalue weighted by atomic mass is 16.5. The highest BCUT2D eigenvalue weighted by Gasteiger charge is 2.27. The molecule has 3 aromatic rings. The summed E-state index contributed by atoms with van der Waals surface area (Å²) in [4.78, 5) is 29.8. The van der Waals surface area contributed by atoms with Crippen molar-refractivity contribution < 1.29 is 9.53 Å². The van der Waals surface area contributed by atoms with E-state index >= 15 is 0 Å². The Morgan fingerprint density at radius 3 is 2.62 bits per heavy atom. The summed E-state index contributed by atoms with van der Waals surface area (Å²) in [7, 11) is 1.59. The Kier molecular flexibility index (Phi) is 5.46. The number of carbonyl (C=O) groups is 1. The molecule has 1 aromatic heterocycles. The number of amides is 1. The molecule has 4 rings (SSSR count). The van der Waals surface area contributed by atoms with Gasteiger partial charge in [-0.05, 0) is 36.6 Å². The molecule has 1 aliphatic heterocycles. The third-order valence-corrected chi connectivity index (χ3v) is 5.36. The van der Waals surface area contributed by atoms with Crippen LogP contribution in [0.15, 0.2) is 59.4 Å². The van der Waals surface area contributed by atoms with E-state index in [0.29, 0.717) is 36.8 Å². The number of nitrogens with zero attached hydrogens (tertiary/aromatic N) is 3. The van der Waals surface area contributed by atoms with E-state index in [0.717, 1.165) is 18.4 Å². The number of piperidine rings is 1. The van der Waals surface area contributed by atoms with Crippen molar-refractivity contribution in [3.05, 3.63) is 82.0 Å². The monoisotopic (exact) mass is 392 g/mol. The number of rotatable bonds is 5. The molecule has 1 fully saturated rings. The van der Waals surface area contributed by atoms with Gasteiger partial charge in [0.05, 0.1) is 13.7 Å². The predicted octanol–water partition coefficient (Wildman–Crippen LogP) is 2.65. The minimum Gasteiger partial charge on any atom is -0.497 e. The van der Waals surface area contributed by atoms with Crippen molar-refractivity contribution in [2.45, 2.75) is 25.3 Å². The van der Waals surface area contributed by atoms with Crippen molar-refractivity contribution in [1.29, 1.82) is 0 Å². The molecule has 0 unspecified atom stereocenters. The maximum Gasteiger partial charge on any atom is 0.343 e. The van der Waals surface area contributed by atoms with Gasteiger partial charge in [0.15, 0.2) is 0 Å². The number of hydrogen-bond acceptors (Lipinski definition) is 4. The zero-order chi connectivity index (χ0) is 20.2. The Labute approximate surface area is 168 Å². The second kappa shape index (κ2) is 8.34. The second-order valence-corrected chi connectivity index (χ2v) is 7.26. The molecule has 1 N–H and O–H groups in total. The zero-order valence-corrected chi connectivity index (χ0v) is 16.4. The number of aromatic nitrogens is 3. The van der Waals surface area contributed by atoms with E-state index in [9.17, 15) is 9.59 Å². The maximum absolute atomic E-state index is 12.8. The van der Waals surface area contributed by atoms with Gasteiger partial charge in [0.1, 0.15) is 11.6 Å². The van der Waals surface area contributed by atoms with Crippen molar-refractivity contribution in [3.63, 3.8) is 0 Å². The molecule has 2 heterocycles. The molecule has 0 radical (unpaired) electrons. The van der Waals surface area contributed by atoms with E-state index in [1.54, 1.807) is 19.2 Å². The van der Waals surface area contributed by atoms with Crippen LogP contribution in [0.3, 0.4) is 0 Å². The van der Waals surface area contributed by atoms with Gasteiger partial charge >= 0.3 is 5.69 Å². The fraction of sp³-hybridized carbons (Fsp3) is 0.318. The summed E-state index contributed by atoms with van der Waals surface area (Å²) in [6.07, 6.45) is 1.54. The first kappa shape index (κ1) is 19.0. The highest BCUT2D eigenvalue weighted by molar-refractivity contribution is 5.94. The van der Waals surface area contributed by atoms with Crippen molar-refractivity contribution in [2.75, 3.05) is 20.2 Å². The lowest BCUT2D eigenvalue weighted by Crippen LogP contribution is -2.38. The van der Waals surface area contributed by atoms with Crippen LogP contribution in [-0.4, -0.2) is 45.8 Å². The lowest BCUT2D eigenvalue weighted by molar-refractivity contribution is 0.0710. The van der Waals surface area contributed by atoms with Gasteiger partial charge in [-0.3, -0.25) is 9.78 Å². The van der Waals surface area contributed by atoms with E-state index < -0.39 is 0 Å². The van der Waals surface area contributed by atoms with Gasteiger partial charge in [0.2, 0.25) is 0 Å². The second-order valence-electron chi connectivity index (χ2n) is 7.26. The first-order valence-electron chi connectivity index (χ1n) is 9.78. The molecule has 2 aromatic carbocycles. The van der Waals surface area contributed by atoms with E-state index in [-0.39, 0.29) is 17.5 Å². The van der Waals surface area contributed by atoms with Crippen LogP contribution in [-0.2, 0) is 6.54 Å². The zero-order valence-electron chi connectivity index (χ0n) is 16.4. The lowest BCUT2D eigenvalue weighted by atomic mass is 9.95. The predicted molar refractivity (Wildman–Crippen MR) is 109 cm³/mol. The number of aromatic amines is 1. The van der Waals surface area contributed by atoms with Crippen molar-refractivity contribution in [3.8, 4) is 5.75 Å². The van der Waals surface area contributed by atoms with Crippen LogP contribution in [0.5, 0.6) is 5.75 Å². The summed E-state index contributed by atoms with van der Waals surface area (Å²) < 4.78 is 6.68. The van der Waals surface area contributed by atoms with Gasteiger partial charge in [-0.1, -0.05) is 36.4 Å². The van der Waals surface area contributed by atoms with Gasteiger partial charge in [-0.15, -0.1) is 0 Å². The summed E-state index contributed by atoms with van der Waals surface area (Å²) in [6.45, 7) is 1.71. The largest absolute Gasteiger partial charge is 0.497 e. The number of ether oxygens (including phenoxy) is 1. The van der Waals surface area contributed by atoms with E-state index in [1.165, 1.54) is 4.68 Å². The summed E-state index contributed by atoms with van der Waals surface area (Å²) in [5.41, 5.74) is 1.47. The average molecular weight is 392 g/mol. The Bertz CT molecular complexity index is 1030. The Balaban J connectivity index is 1.40. The molecule has 0 atom stereocenters. The van der Waals surface area contributed by atoms with Crippen LogP contribution in [0.25, 0.3) is 0 Å². The Morgan fingerprint density at radius 1 is 1.14 bits per heavy atom. The van der Waals surface area contributed by atoms with Crippen molar-refractivity contribution in [1.82, 2.24) is 19.7 Å². The molecule has 150 valence electrons. The number of hydrogen-bond donors (Lipinski definition) is 1. The first-order valence-corrected chi connectivity index (χ1v) is 9.78. The molecule has 0 saturated carbocycles. The van der Waals surface area contributed by atoms with E-state index in [2.05, 4.69) is 10.1 Å². The molecule has 7 nitrogen and oxygen atoms in total. The van der Waals surface area contributed by atoms with Crippen LogP contribution < -0.4 is 10.4 Å². The summed E-state index contributed by atoms with van der Waals surface area (Å²) >= 11 is 0. The number of nitrogens with one attached hydrogen (secondary N) is 1. The Morgan fingerprint density at radius 2 is 1.90 bits per heavy atom. The summed E-state index contributed by atoms with van der Waals surface area (Å²) in [5.74, 6) is 1.53. The number of likely N-dealkylation sites (tertiary alicyclic amines) is 1. The number of methoxy groups -OCH3 is 1. The number of carbonyl (C=O) groups excluding carboxylic acids is 1. The smallest absolute Gasteiger partial charge is 0.343 e. The molecule has 29 heavy (non-hydrogen) atoms. The third-order valence-electron chi connectivity index (χ3n) is 5.36. The molecule has 7 heteroatoms. The van der Waals surface area contributed by atoms with Crippen molar-refractivity contribution >= 4 is 5.91 Å². The lowest BCUT2D eigenvalue weighted by Gasteiger charge is -2.31. The van der Waals surface area contributed by atoms with Gasteiger partial charge < -0.3 is 9.64 Å². The van der Waals surface area contributed by atoms with Gasteiger partial charge in [-0.25, -0.2) is 9.48 Å². The van der Waals surface area contributed by atoms with Crippen LogP contribution >= 0.6 is 0 Å². The molecule has 0 aliphatic carbocycles. The van der Waals surface area contributed by atoms with E-state index in [1.807, 2.05) is 47.4 Å². The minimum atomic E-state index is -0.196. The highest BCUT2D eigenvalue weighted by Crippen LogP contribution is 2.26. The fourth-order valence-electron chi connectivity index (χ4n) is 3.72. The van der Waals surface area contributed by atoms with Crippen LogP contribution in [0, 0.1) is 0 Å². The standard InChI is InChI=1S/C22H24N4O3/c1-29-19-9-5-8-18(14-19)21(27)25-12-10-17(11-13-25)20-23-22(28)26(24-20)15-16-6-3-2-4-7-16/h2-9,14,17H,10-13,15H2,1H3,(H,23,24,28). The summed E-state index contributed by atoms with van der Waals surface area (Å²) in [6, 6.07) is 17.0. The number of benzene rings is 2. The van der Waals surface area contributed by atoms with Gasteiger partial charge in [0, 0.05) is 24.6 Å². The molecule has 0 spiro atoms. The van der Waals surface area contributed by atoms with Crippen LogP contribution in [0.1, 0.15) is 40.5 Å². The Hall–Kier alpha value is -3.35. The maximum atomic E-state index is 12.8. The summed E-state index contributed by atoms with van der Waals surface area (Å²) in [5, 5.41) is 4.51. The van der Waals surface area contributed by atoms with E-state index in [4.69, 9.17) is 4.74 Å². The average Bonchev–Trinajstić information content (AvgIpc) is 3.14. The molecule has 0 bridgehead atoms. The molecule has 1 amide bonds.